The lowest BCUT2D eigenvalue weighted by molar-refractivity contribution is -0.121. The molecule has 9 heteroatoms. The molecular weight excluding hydrogens is 546 g/mol. The van der Waals surface area contributed by atoms with E-state index in [4.69, 9.17) is 16.0 Å². The van der Waals surface area contributed by atoms with E-state index in [1.54, 1.807) is 35.2 Å². The fourth-order valence-electron chi connectivity index (χ4n) is 5.78. The predicted octanol–water partition coefficient (Wildman–Crippen LogP) is 6.28. The Hall–Kier alpha value is -4.27. The Kier molecular flexibility index (Phi) is 5.33. The molecule has 0 saturated heterocycles. The summed E-state index contributed by atoms with van der Waals surface area (Å²) in [5, 5.41) is 1.16. The van der Waals surface area contributed by atoms with E-state index in [1.807, 2.05) is 57.2 Å². The minimum absolute atomic E-state index is 0.0141. The van der Waals surface area contributed by atoms with Crippen molar-refractivity contribution in [1.29, 1.82) is 0 Å². The van der Waals surface area contributed by atoms with Crippen LogP contribution in [0, 0.1) is 20.8 Å². The van der Waals surface area contributed by atoms with Gasteiger partial charge in [0.2, 0.25) is 5.76 Å². The SMILES string of the molecule is Cc1ccc2oc3c(c(=O)c2c1)C1(C(=O)N(Cc2ccccc2Cl)c2ccccc21)N(c1nc(C)c(C)s1)C3=O. The molecule has 2 aromatic heterocycles. The molecule has 7 nitrogen and oxygen atoms in total. The van der Waals surface area contributed by atoms with Crippen molar-refractivity contribution < 1.29 is 14.0 Å². The molecule has 4 heterocycles. The molecular formula is C31H22ClN3O4S. The number of hydrogen-bond acceptors (Lipinski definition) is 6. The van der Waals surface area contributed by atoms with E-state index < -0.39 is 22.8 Å². The summed E-state index contributed by atoms with van der Waals surface area (Å²) in [6.07, 6.45) is 0. The molecule has 2 amide bonds. The summed E-state index contributed by atoms with van der Waals surface area (Å²) in [5.74, 6) is -1.16. The minimum atomic E-state index is -1.79. The molecule has 5 aromatic rings. The van der Waals surface area contributed by atoms with E-state index in [2.05, 4.69) is 4.98 Å². The molecule has 0 saturated carbocycles. The molecule has 0 N–H and O–H groups in total. The van der Waals surface area contributed by atoms with Gasteiger partial charge in [-0.25, -0.2) is 4.98 Å². The second-order valence-electron chi connectivity index (χ2n) is 10.1. The number of nitrogens with zero attached hydrogens (tertiary/aromatic N) is 3. The first-order valence-electron chi connectivity index (χ1n) is 12.7. The maximum absolute atomic E-state index is 14.9. The molecule has 2 aliphatic rings. The molecule has 40 heavy (non-hydrogen) atoms. The molecule has 3 aromatic carbocycles. The zero-order chi connectivity index (χ0) is 27.9. The average Bonchev–Trinajstić information content (AvgIpc) is 3.49. The third kappa shape index (κ3) is 3.17. The van der Waals surface area contributed by atoms with Crippen molar-refractivity contribution in [3.8, 4) is 0 Å². The van der Waals surface area contributed by atoms with E-state index >= 15 is 0 Å². The Morgan fingerprint density at radius 2 is 1.73 bits per heavy atom. The summed E-state index contributed by atoms with van der Waals surface area (Å²) >= 11 is 7.81. The Bertz CT molecular complexity index is 1960. The van der Waals surface area contributed by atoms with Crippen LogP contribution in [-0.4, -0.2) is 16.8 Å². The number of halogens is 1. The van der Waals surface area contributed by atoms with Crippen molar-refractivity contribution in [2.45, 2.75) is 32.9 Å². The zero-order valence-electron chi connectivity index (χ0n) is 21.8. The molecule has 1 atom stereocenters. The molecule has 7 rings (SSSR count). The van der Waals surface area contributed by atoms with Crippen molar-refractivity contribution in [2.24, 2.45) is 0 Å². The smallest absolute Gasteiger partial charge is 0.297 e. The van der Waals surface area contributed by atoms with Crippen LogP contribution in [0.2, 0.25) is 5.02 Å². The van der Waals surface area contributed by atoms with Crippen LogP contribution < -0.4 is 15.2 Å². The van der Waals surface area contributed by atoms with Gasteiger partial charge in [0.1, 0.15) is 5.58 Å². The number of fused-ring (bicyclic) bond motifs is 5. The van der Waals surface area contributed by atoms with Gasteiger partial charge in [0.25, 0.3) is 11.8 Å². The lowest BCUT2D eigenvalue weighted by Crippen LogP contribution is -2.53. The molecule has 0 bridgehead atoms. The highest BCUT2D eigenvalue weighted by Crippen LogP contribution is 2.55. The summed E-state index contributed by atoms with van der Waals surface area (Å²) < 4.78 is 6.16. The highest BCUT2D eigenvalue weighted by atomic mass is 35.5. The molecule has 198 valence electrons. The Morgan fingerprint density at radius 1 is 0.975 bits per heavy atom. The monoisotopic (exact) mass is 567 g/mol. The second-order valence-corrected chi connectivity index (χ2v) is 11.7. The van der Waals surface area contributed by atoms with Crippen LogP contribution in [-0.2, 0) is 16.9 Å². The number of thiazole rings is 1. The van der Waals surface area contributed by atoms with E-state index in [0.717, 1.165) is 21.7 Å². The van der Waals surface area contributed by atoms with Gasteiger partial charge in [0, 0.05) is 15.5 Å². The lowest BCUT2D eigenvalue weighted by Gasteiger charge is -2.32. The molecule has 0 radical (unpaired) electrons. The minimum Gasteiger partial charge on any atom is -0.450 e. The number of rotatable bonds is 3. The van der Waals surface area contributed by atoms with Gasteiger partial charge in [-0.1, -0.05) is 59.6 Å². The standard InChI is InChI=1S/C31H22ClN3O4S/c1-16-12-13-24-20(14-16)26(36)25-27(39-24)28(37)35(30-33-17(2)18(3)40-30)31(25)21-9-5-7-11-23(21)34(29(31)38)15-19-8-4-6-10-22(19)32/h4-14H,15H2,1-3H3. The van der Waals surface area contributed by atoms with Crippen LogP contribution in [0.15, 0.2) is 75.9 Å². The molecule has 2 aliphatic heterocycles. The van der Waals surface area contributed by atoms with Crippen molar-refractivity contribution in [1.82, 2.24) is 4.98 Å². The van der Waals surface area contributed by atoms with Crippen LogP contribution in [0.3, 0.4) is 0 Å². The zero-order valence-corrected chi connectivity index (χ0v) is 23.4. The number of benzene rings is 3. The van der Waals surface area contributed by atoms with E-state index in [-0.39, 0.29) is 23.5 Å². The van der Waals surface area contributed by atoms with Crippen LogP contribution >= 0.6 is 22.9 Å². The molecule has 0 aliphatic carbocycles. The van der Waals surface area contributed by atoms with Gasteiger partial charge in [0.05, 0.1) is 28.9 Å². The Balaban J connectivity index is 1.58. The van der Waals surface area contributed by atoms with E-state index in [0.29, 0.717) is 26.8 Å². The summed E-state index contributed by atoms with van der Waals surface area (Å²) in [5.41, 5.74) is 1.55. The Morgan fingerprint density at radius 3 is 2.48 bits per heavy atom. The fourth-order valence-corrected chi connectivity index (χ4v) is 6.94. The summed E-state index contributed by atoms with van der Waals surface area (Å²) in [7, 11) is 0. The summed E-state index contributed by atoms with van der Waals surface area (Å²) in [6.45, 7) is 5.79. The molecule has 1 unspecified atom stereocenters. The number of anilines is 2. The van der Waals surface area contributed by atoms with Crippen LogP contribution in [0.1, 0.15) is 43.4 Å². The quantitative estimate of drug-likeness (QED) is 0.256. The van der Waals surface area contributed by atoms with Gasteiger partial charge in [-0.05, 0) is 50.6 Å². The topological polar surface area (TPSA) is 83.7 Å². The third-order valence-corrected chi connectivity index (χ3v) is 9.20. The number of para-hydroxylation sites is 1. The highest BCUT2D eigenvalue weighted by Gasteiger charge is 2.66. The number of amides is 2. The molecule has 0 fully saturated rings. The number of aromatic nitrogens is 1. The van der Waals surface area contributed by atoms with E-state index in [1.165, 1.54) is 16.2 Å². The first-order valence-corrected chi connectivity index (χ1v) is 13.9. The van der Waals surface area contributed by atoms with Crippen molar-refractivity contribution in [2.75, 3.05) is 9.80 Å². The van der Waals surface area contributed by atoms with Crippen molar-refractivity contribution >= 4 is 56.5 Å². The lowest BCUT2D eigenvalue weighted by atomic mass is 9.84. The molecule has 1 spiro atoms. The van der Waals surface area contributed by atoms with Gasteiger partial charge >= 0.3 is 0 Å². The van der Waals surface area contributed by atoms with Gasteiger partial charge in [-0.15, -0.1) is 11.3 Å². The second kappa shape index (κ2) is 8.61. The van der Waals surface area contributed by atoms with Crippen molar-refractivity contribution in [3.63, 3.8) is 0 Å². The van der Waals surface area contributed by atoms with Crippen LogP contribution in [0.4, 0.5) is 10.8 Å². The Labute approximate surface area is 238 Å². The van der Waals surface area contributed by atoms with Gasteiger partial charge in [-0.2, -0.15) is 0 Å². The maximum atomic E-state index is 14.9. The first kappa shape index (κ1) is 24.7. The van der Waals surface area contributed by atoms with E-state index in [9.17, 15) is 14.4 Å². The van der Waals surface area contributed by atoms with Gasteiger partial charge in [-0.3, -0.25) is 19.3 Å². The average molecular weight is 568 g/mol. The third-order valence-electron chi connectivity index (χ3n) is 7.77. The summed E-state index contributed by atoms with van der Waals surface area (Å²) in [4.78, 5) is 52.1. The predicted molar refractivity (Wildman–Crippen MR) is 155 cm³/mol. The van der Waals surface area contributed by atoms with Gasteiger partial charge < -0.3 is 9.32 Å². The normalized spacial score (nSPS) is 17.8. The first-order chi connectivity index (χ1) is 19.2. The number of aryl methyl sites for hydroxylation is 3. The maximum Gasteiger partial charge on any atom is 0.297 e. The number of hydrogen-bond donors (Lipinski definition) is 0. The largest absolute Gasteiger partial charge is 0.450 e. The van der Waals surface area contributed by atoms with Crippen LogP contribution in [0.5, 0.6) is 0 Å². The van der Waals surface area contributed by atoms with Gasteiger partial charge in [0.15, 0.2) is 16.1 Å². The number of carbonyl (C=O) groups excluding carboxylic acids is 2. The number of carbonyl (C=O) groups is 2. The van der Waals surface area contributed by atoms with Crippen molar-refractivity contribution in [3.05, 3.63) is 121 Å². The fraction of sp³-hybridized carbons (Fsp3) is 0.161. The van der Waals surface area contributed by atoms with Crippen LogP contribution in [0.25, 0.3) is 11.0 Å². The highest BCUT2D eigenvalue weighted by molar-refractivity contribution is 7.16. The summed E-state index contributed by atoms with van der Waals surface area (Å²) in [6, 6.07) is 19.8.